The van der Waals surface area contributed by atoms with E-state index in [2.05, 4.69) is 87.2 Å². The van der Waals surface area contributed by atoms with Crippen molar-refractivity contribution in [1.29, 1.82) is 0 Å². The normalized spacial score (nSPS) is 25.9. The summed E-state index contributed by atoms with van der Waals surface area (Å²) in [4.78, 5) is 0. The van der Waals surface area contributed by atoms with E-state index in [1.807, 2.05) is 0 Å². The molecular weight excluding hydrogens is 400 g/mol. The van der Waals surface area contributed by atoms with Gasteiger partial charge in [-0.25, -0.2) is 0 Å². The first-order valence-corrected chi connectivity index (χ1v) is 9.88. The van der Waals surface area contributed by atoms with Gasteiger partial charge < -0.3 is 0 Å². The Kier molecular flexibility index (Phi) is 3.42. The minimum atomic E-state index is 0.220. The van der Waals surface area contributed by atoms with Crippen molar-refractivity contribution in [3.8, 4) is 0 Å². The number of rotatable bonds is 0. The van der Waals surface area contributed by atoms with E-state index < -0.39 is 0 Å². The Morgan fingerprint density at radius 3 is 0.864 bits per heavy atom. The quantitative estimate of drug-likeness (QED) is 0.413. The van der Waals surface area contributed by atoms with E-state index in [0.29, 0.717) is 0 Å². The average Bonchev–Trinajstić information content (AvgIpc) is 2.57. The second kappa shape index (κ2) is 4.42. The molecule has 2 heteroatoms. The Morgan fingerprint density at radius 2 is 0.682 bits per heavy atom. The highest BCUT2D eigenvalue weighted by molar-refractivity contribution is 9.11. The van der Waals surface area contributed by atoms with Gasteiger partial charge in [-0.2, -0.15) is 0 Å². The Balaban J connectivity index is 2.50. The average molecular weight is 428 g/mol. The van der Waals surface area contributed by atoms with Gasteiger partial charge in [-0.3, -0.25) is 0 Å². The SMILES string of the molecule is CC1(C)CC(C)(C)c2c(Br)c3c(c(Br)c21)C(C)(C)CC3(C)C. The molecule has 0 N–H and O–H groups in total. The zero-order valence-electron chi connectivity index (χ0n) is 15.2. The molecule has 22 heavy (non-hydrogen) atoms. The summed E-state index contributed by atoms with van der Waals surface area (Å²) in [6, 6.07) is 0. The second-order valence-electron chi connectivity index (χ2n) is 10.0. The molecule has 0 saturated heterocycles. The molecule has 0 heterocycles. The summed E-state index contributed by atoms with van der Waals surface area (Å²) in [5.74, 6) is 0. The van der Waals surface area contributed by atoms with Gasteiger partial charge in [0.2, 0.25) is 0 Å². The number of halogens is 2. The van der Waals surface area contributed by atoms with E-state index in [1.165, 1.54) is 44.0 Å². The molecule has 0 fully saturated rings. The third kappa shape index (κ3) is 2.05. The van der Waals surface area contributed by atoms with Crippen molar-refractivity contribution in [2.24, 2.45) is 0 Å². The fraction of sp³-hybridized carbons (Fsp3) is 0.700. The first kappa shape index (κ1) is 17.0. The van der Waals surface area contributed by atoms with Crippen molar-refractivity contribution in [3.63, 3.8) is 0 Å². The number of hydrogen-bond acceptors (Lipinski definition) is 0. The van der Waals surface area contributed by atoms with Gasteiger partial charge in [0.15, 0.2) is 0 Å². The van der Waals surface area contributed by atoms with Crippen molar-refractivity contribution in [1.82, 2.24) is 0 Å². The zero-order valence-corrected chi connectivity index (χ0v) is 18.3. The molecule has 0 nitrogen and oxygen atoms in total. The predicted molar refractivity (Wildman–Crippen MR) is 103 cm³/mol. The number of fused-ring (bicyclic) bond motifs is 2. The molecule has 1 aromatic carbocycles. The summed E-state index contributed by atoms with van der Waals surface area (Å²) >= 11 is 8.10. The van der Waals surface area contributed by atoms with Crippen LogP contribution in [0.15, 0.2) is 8.95 Å². The summed E-state index contributed by atoms with van der Waals surface area (Å²) < 4.78 is 2.76. The molecule has 2 aliphatic carbocycles. The van der Waals surface area contributed by atoms with Crippen LogP contribution in [-0.2, 0) is 21.7 Å². The summed E-state index contributed by atoms with van der Waals surface area (Å²) in [6.07, 6.45) is 2.41. The minimum absolute atomic E-state index is 0.220. The Bertz CT molecular complexity index is 563. The van der Waals surface area contributed by atoms with E-state index >= 15 is 0 Å². The molecule has 0 saturated carbocycles. The molecule has 2 aliphatic rings. The molecule has 3 rings (SSSR count). The highest BCUT2D eigenvalue weighted by atomic mass is 79.9. The molecule has 0 aromatic heterocycles. The highest BCUT2D eigenvalue weighted by Crippen LogP contribution is 2.62. The predicted octanol–water partition coefficient (Wildman–Crippen LogP) is 7.13. The lowest BCUT2D eigenvalue weighted by molar-refractivity contribution is 0.393. The van der Waals surface area contributed by atoms with Crippen LogP contribution < -0.4 is 0 Å². The number of benzene rings is 1. The van der Waals surface area contributed by atoms with Crippen LogP contribution in [-0.4, -0.2) is 0 Å². The second-order valence-corrected chi connectivity index (χ2v) is 11.6. The van der Waals surface area contributed by atoms with Crippen LogP contribution in [0.1, 0.15) is 90.5 Å². The van der Waals surface area contributed by atoms with E-state index in [-0.39, 0.29) is 21.7 Å². The first-order valence-electron chi connectivity index (χ1n) is 8.29. The lowest BCUT2D eigenvalue weighted by Gasteiger charge is -2.28. The Labute approximate surface area is 152 Å². The third-order valence-corrected chi connectivity index (χ3v) is 7.44. The van der Waals surface area contributed by atoms with Gasteiger partial charge in [-0.1, -0.05) is 87.2 Å². The van der Waals surface area contributed by atoms with Gasteiger partial charge >= 0.3 is 0 Å². The molecule has 0 amide bonds. The van der Waals surface area contributed by atoms with Crippen LogP contribution in [0.3, 0.4) is 0 Å². The van der Waals surface area contributed by atoms with Gasteiger partial charge in [0.1, 0.15) is 0 Å². The fourth-order valence-electron chi connectivity index (χ4n) is 5.79. The molecule has 0 spiro atoms. The van der Waals surface area contributed by atoms with Crippen LogP contribution in [0.5, 0.6) is 0 Å². The van der Waals surface area contributed by atoms with Gasteiger partial charge in [0.25, 0.3) is 0 Å². The van der Waals surface area contributed by atoms with Gasteiger partial charge in [0.05, 0.1) is 0 Å². The van der Waals surface area contributed by atoms with E-state index in [4.69, 9.17) is 0 Å². The molecule has 0 bridgehead atoms. The van der Waals surface area contributed by atoms with Crippen LogP contribution in [0.25, 0.3) is 0 Å². The molecule has 0 unspecified atom stereocenters. The van der Waals surface area contributed by atoms with Crippen molar-refractivity contribution >= 4 is 31.9 Å². The highest BCUT2D eigenvalue weighted by Gasteiger charge is 2.52. The maximum Gasteiger partial charge on any atom is 0.0256 e. The maximum absolute atomic E-state index is 4.05. The Morgan fingerprint density at radius 1 is 0.500 bits per heavy atom. The third-order valence-electron chi connectivity index (χ3n) is 5.85. The van der Waals surface area contributed by atoms with E-state index in [1.54, 1.807) is 0 Å². The first-order chi connectivity index (χ1) is 9.72. The minimum Gasteiger partial charge on any atom is -0.0557 e. The summed E-state index contributed by atoms with van der Waals surface area (Å²) in [5, 5.41) is 0. The van der Waals surface area contributed by atoms with Crippen LogP contribution in [0.2, 0.25) is 0 Å². The summed E-state index contributed by atoms with van der Waals surface area (Å²) in [6.45, 7) is 19.2. The standard InChI is InChI=1S/C20H28Br2/c1-17(2)9-18(3,4)12-11(17)15(21)13-14(16(12)22)20(7,8)10-19(13,5)6/h9-10H2,1-8H3. The van der Waals surface area contributed by atoms with Gasteiger partial charge in [-0.15, -0.1) is 0 Å². The lowest BCUT2D eigenvalue weighted by Crippen LogP contribution is -2.20. The fourth-order valence-corrected chi connectivity index (χ4v) is 8.73. The zero-order chi connectivity index (χ0) is 16.9. The molecular formula is C20H28Br2. The molecule has 0 radical (unpaired) electrons. The van der Waals surface area contributed by atoms with Crippen molar-refractivity contribution < 1.29 is 0 Å². The topological polar surface area (TPSA) is 0 Å². The van der Waals surface area contributed by atoms with Crippen LogP contribution in [0, 0.1) is 0 Å². The van der Waals surface area contributed by atoms with Gasteiger partial charge in [-0.05, 0) is 56.8 Å². The smallest absolute Gasteiger partial charge is 0.0256 e. The van der Waals surface area contributed by atoms with Crippen molar-refractivity contribution in [3.05, 3.63) is 31.2 Å². The van der Waals surface area contributed by atoms with E-state index in [9.17, 15) is 0 Å². The molecule has 0 aliphatic heterocycles. The van der Waals surface area contributed by atoms with Gasteiger partial charge in [0, 0.05) is 8.95 Å². The largest absolute Gasteiger partial charge is 0.0557 e. The summed E-state index contributed by atoms with van der Waals surface area (Å²) in [5.41, 5.74) is 7.03. The maximum atomic E-state index is 4.05. The number of hydrogen-bond donors (Lipinski definition) is 0. The molecule has 1 aromatic rings. The lowest BCUT2D eigenvalue weighted by atomic mass is 9.80. The summed E-state index contributed by atoms with van der Waals surface area (Å²) in [7, 11) is 0. The molecule has 0 atom stereocenters. The molecule has 122 valence electrons. The van der Waals surface area contributed by atoms with Crippen molar-refractivity contribution in [2.75, 3.05) is 0 Å². The monoisotopic (exact) mass is 426 g/mol. The van der Waals surface area contributed by atoms with Crippen molar-refractivity contribution in [2.45, 2.75) is 89.9 Å². The Hall–Kier alpha value is 0.180. The van der Waals surface area contributed by atoms with Crippen LogP contribution in [0.4, 0.5) is 0 Å². The van der Waals surface area contributed by atoms with Crippen LogP contribution >= 0.6 is 31.9 Å². The van der Waals surface area contributed by atoms with E-state index in [0.717, 1.165) is 0 Å².